The van der Waals surface area contributed by atoms with Gasteiger partial charge in [0.2, 0.25) is 0 Å². The van der Waals surface area contributed by atoms with Crippen molar-refractivity contribution in [2.45, 2.75) is 25.4 Å². The molecule has 0 spiro atoms. The van der Waals surface area contributed by atoms with Crippen molar-refractivity contribution in [1.82, 2.24) is 30.0 Å². The van der Waals surface area contributed by atoms with Crippen molar-refractivity contribution in [1.29, 1.82) is 0 Å². The fourth-order valence-corrected chi connectivity index (χ4v) is 4.51. The van der Waals surface area contributed by atoms with Crippen molar-refractivity contribution in [3.63, 3.8) is 0 Å². The third kappa shape index (κ3) is 4.77. The van der Waals surface area contributed by atoms with Gasteiger partial charge >= 0.3 is 6.09 Å². The van der Waals surface area contributed by atoms with Crippen molar-refractivity contribution in [3.05, 3.63) is 71.6 Å². The Balaban J connectivity index is 1.39. The molecule has 10 nitrogen and oxygen atoms in total. The number of nitrogen functional groups attached to an aromatic ring is 1. The lowest BCUT2D eigenvalue weighted by Crippen LogP contribution is -2.40. The van der Waals surface area contributed by atoms with E-state index in [1.54, 1.807) is 28.9 Å². The van der Waals surface area contributed by atoms with Gasteiger partial charge in [-0.25, -0.2) is 28.2 Å². The maximum Gasteiger partial charge on any atom is 0.407 e. The first-order chi connectivity index (χ1) is 17.8. The van der Waals surface area contributed by atoms with Gasteiger partial charge in [0.25, 0.3) is 5.91 Å². The van der Waals surface area contributed by atoms with Crippen LogP contribution in [0.15, 0.2) is 48.8 Å². The number of hydrogen-bond donors (Lipinski definition) is 3. The number of hydrogen-bond acceptors (Lipinski definition) is 6. The number of piperidine rings is 1. The number of rotatable bonds is 5. The Bertz CT molecular complexity index is 1490. The van der Waals surface area contributed by atoms with E-state index in [1.165, 1.54) is 11.2 Å². The molecule has 4 aromatic rings. The van der Waals surface area contributed by atoms with Crippen LogP contribution in [0.5, 0.6) is 0 Å². The first-order valence-corrected chi connectivity index (χ1v) is 11.6. The SMILES string of the molecule is Nc1ncnc2c1c(-c1ccc(CNC(=O)c3cc(F)ccc3F)cc1)nn2[C@@H]1CCCN(C(=O)O)C1. The van der Waals surface area contributed by atoms with Crippen molar-refractivity contribution in [3.8, 4) is 11.3 Å². The molecule has 3 heterocycles. The lowest BCUT2D eigenvalue weighted by atomic mass is 10.1. The molecule has 0 saturated carbocycles. The smallest absolute Gasteiger partial charge is 0.407 e. The molecule has 0 aliphatic carbocycles. The van der Waals surface area contributed by atoms with Crippen molar-refractivity contribution >= 4 is 28.9 Å². The number of nitrogens with one attached hydrogen (secondary N) is 1. The summed E-state index contributed by atoms with van der Waals surface area (Å²) in [4.78, 5) is 33.6. The summed E-state index contributed by atoms with van der Waals surface area (Å²) in [6.45, 7) is 0.863. The van der Waals surface area contributed by atoms with Crippen LogP contribution in [0, 0.1) is 11.6 Å². The second-order valence-electron chi connectivity index (χ2n) is 8.78. The number of carbonyl (C=O) groups is 2. The lowest BCUT2D eigenvalue weighted by molar-refractivity contribution is 0.0946. The van der Waals surface area contributed by atoms with E-state index in [4.69, 9.17) is 10.8 Å². The minimum Gasteiger partial charge on any atom is -0.465 e. The number of fused-ring (bicyclic) bond motifs is 1. The fraction of sp³-hybridized carbons (Fsp3) is 0.240. The summed E-state index contributed by atoms with van der Waals surface area (Å²) in [5.41, 5.74) is 8.35. The molecule has 5 rings (SSSR count). The molecule has 0 unspecified atom stereocenters. The fourth-order valence-electron chi connectivity index (χ4n) is 4.51. The van der Waals surface area contributed by atoms with Gasteiger partial charge in [0.05, 0.1) is 17.0 Å². The molecule has 1 atom stereocenters. The highest BCUT2D eigenvalue weighted by atomic mass is 19.1. The van der Waals surface area contributed by atoms with Gasteiger partial charge in [-0.2, -0.15) is 5.10 Å². The van der Waals surface area contributed by atoms with Crippen LogP contribution in [-0.4, -0.2) is 54.8 Å². The Hall–Kier alpha value is -4.61. The predicted octanol–water partition coefficient (Wildman–Crippen LogP) is 3.60. The molecule has 2 aromatic carbocycles. The number of aromatic nitrogens is 4. The van der Waals surface area contributed by atoms with Crippen molar-refractivity contribution in [2.24, 2.45) is 0 Å². The Morgan fingerprint density at radius 1 is 1.14 bits per heavy atom. The number of likely N-dealkylation sites (tertiary alicyclic amines) is 1. The van der Waals surface area contributed by atoms with Crippen LogP contribution in [0.3, 0.4) is 0 Å². The Labute approximate surface area is 209 Å². The van der Waals surface area contributed by atoms with Gasteiger partial charge in [0, 0.05) is 25.2 Å². The Morgan fingerprint density at radius 3 is 2.68 bits per heavy atom. The normalized spacial score (nSPS) is 15.6. The summed E-state index contributed by atoms with van der Waals surface area (Å²) in [5, 5.41) is 17.3. The van der Waals surface area contributed by atoms with Crippen LogP contribution in [0.2, 0.25) is 0 Å². The molecule has 0 bridgehead atoms. The van der Waals surface area contributed by atoms with Gasteiger partial charge in [0.1, 0.15) is 29.5 Å². The molecule has 0 radical (unpaired) electrons. The monoisotopic (exact) mass is 507 g/mol. The number of carbonyl (C=O) groups excluding carboxylic acids is 1. The van der Waals surface area contributed by atoms with E-state index in [0.717, 1.165) is 35.7 Å². The molecular formula is C25H23F2N7O3. The molecule has 1 aliphatic rings. The van der Waals surface area contributed by atoms with Crippen LogP contribution >= 0.6 is 0 Å². The first kappa shape index (κ1) is 24.1. The summed E-state index contributed by atoms with van der Waals surface area (Å²) in [7, 11) is 0. The van der Waals surface area contributed by atoms with Crippen LogP contribution in [-0.2, 0) is 6.54 Å². The lowest BCUT2D eigenvalue weighted by Gasteiger charge is -2.30. The van der Waals surface area contributed by atoms with Crippen molar-refractivity contribution in [2.75, 3.05) is 18.8 Å². The molecule has 1 saturated heterocycles. The average molecular weight is 508 g/mol. The van der Waals surface area contributed by atoms with E-state index in [2.05, 4.69) is 15.3 Å². The van der Waals surface area contributed by atoms with Crippen LogP contribution in [0.4, 0.5) is 19.4 Å². The quantitative estimate of drug-likeness (QED) is 0.375. The number of anilines is 1. The van der Waals surface area contributed by atoms with Crippen molar-refractivity contribution < 1.29 is 23.5 Å². The molecule has 2 aromatic heterocycles. The number of carboxylic acid groups (broad SMARTS) is 1. The van der Waals surface area contributed by atoms with Gasteiger partial charge in [-0.3, -0.25) is 4.79 Å². The van der Waals surface area contributed by atoms with Crippen LogP contribution < -0.4 is 11.1 Å². The average Bonchev–Trinajstić information content (AvgIpc) is 3.30. The molecule has 190 valence electrons. The third-order valence-electron chi connectivity index (χ3n) is 6.38. The zero-order valence-corrected chi connectivity index (χ0v) is 19.6. The summed E-state index contributed by atoms with van der Waals surface area (Å²) in [6.07, 6.45) is 1.83. The summed E-state index contributed by atoms with van der Waals surface area (Å²) < 4.78 is 29.0. The molecule has 1 aliphatic heterocycles. The van der Waals surface area contributed by atoms with Gasteiger partial charge < -0.3 is 21.1 Å². The van der Waals surface area contributed by atoms with E-state index in [1.807, 2.05) is 0 Å². The standard InChI is InChI=1S/C25H23F2N7O3/c26-16-7-8-19(27)18(10-16)24(35)29-11-14-3-5-15(6-4-14)21-20-22(28)30-13-31-23(20)34(32-21)17-2-1-9-33(12-17)25(36)37/h3-8,10,13,17H,1-2,9,11-12H2,(H,29,35)(H,36,37)(H2,28,30,31)/t17-/m1/s1. The molecule has 4 N–H and O–H groups in total. The molecule has 12 heteroatoms. The number of halogens is 2. The molecule has 37 heavy (non-hydrogen) atoms. The Morgan fingerprint density at radius 2 is 1.92 bits per heavy atom. The summed E-state index contributed by atoms with van der Waals surface area (Å²) >= 11 is 0. The van der Waals surface area contributed by atoms with E-state index in [0.29, 0.717) is 36.2 Å². The van der Waals surface area contributed by atoms with Crippen LogP contribution in [0.1, 0.15) is 34.8 Å². The second-order valence-corrected chi connectivity index (χ2v) is 8.78. The zero-order valence-electron chi connectivity index (χ0n) is 19.6. The van der Waals surface area contributed by atoms with Gasteiger partial charge in [-0.1, -0.05) is 24.3 Å². The van der Waals surface area contributed by atoms with Crippen LogP contribution in [0.25, 0.3) is 22.3 Å². The minimum atomic E-state index is -0.974. The minimum absolute atomic E-state index is 0.0998. The van der Waals surface area contributed by atoms with Gasteiger partial charge in [0.15, 0.2) is 5.65 Å². The number of nitrogens with two attached hydrogens (primary N) is 1. The highest BCUT2D eigenvalue weighted by Crippen LogP contribution is 2.33. The summed E-state index contributed by atoms with van der Waals surface area (Å²) in [6, 6.07) is 9.65. The topological polar surface area (TPSA) is 139 Å². The van der Waals surface area contributed by atoms with E-state index in [-0.39, 0.29) is 24.0 Å². The predicted molar refractivity (Wildman–Crippen MR) is 131 cm³/mol. The highest BCUT2D eigenvalue weighted by molar-refractivity contribution is 5.98. The largest absolute Gasteiger partial charge is 0.465 e. The molecule has 2 amide bonds. The maximum absolute atomic E-state index is 13.9. The number of amides is 2. The van der Waals surface area contributed by atoms with E-state index >= 15 is 0 Å². The zero-order chi connectivity index (χ0) is 26.1. The van der Waals surface area contributed by atoms with Gasteiger partial charge in [-0.05, 0) is 36.6 Å². The summed E-state index contributed by atoms with van der Waals surface area (Å²) in [5.74, 6) is -1.97. The van der Waals surface area contributed by atoms with E-state index in [9.17, 15) is 23.5 Å². The maximum atomic E-state index is 13.9. The van der Waals surface area contributed by atoms with E-state index < -0.39 is 23.6 Å². The van der Waals surface area contributed by atoms with Gasteiger partial charge in [-0.15, -0.1) is 0 Å². The first-order valence-electron chi connectivity index (χ1n) is 11.6. The third-order valence-corrected chi connectivity index (χ3v) is 6.38. The number of nitrogens with zero attached hydrogens (tertiary/aromatic N) is 5. The molecular weight excluding hydrogens is 484 g/mol. The second kappa shape index (κ2) is 9.80. The molecule has 1 fully saturated rings. The number of benzene rings is 2. The highest BCUT2D eigenvalue weighted by Gasteiger charge is 2.28. The Kier molecular flexibility index (Phi) is 6.38.